The molecule has 0 saturated carbocycles. The number of nitrogens with zero attached hydrogens (tertiary/aromatic N) is 3. The molecular formula is C10H17ClN4O2S. The fraction of sp³-hybridized carbons (Fsp3) is 0.700. The van der Waals surface area contributed by atoms with Crippen LogP contribution in [0.5, 0.6) is 6.01 Å². The Kier molecular flexibility index (Phi) is 6.28. The second-order valence-corrected chi connectivity index (χ2v) is 5.94. The van der Waals surface area contributed by atoms with Crippen LogP contribution in [0.4, 0.5) is 5.95 Å². The molecule has 1 N–H and O–H groups in total. The van der Waals surface area contributed by atoms with Crippen LogP contribution in [0.3, 0.4) is 0 Å². The van der Waals surface area contributed by atoms with Crippen LogP contribution in [0, 0.1) is 0 Å². The summed E-state index contributed by atoms with van der Waals surface area (Å²) in [7, 11) is -0.818. The smallest absolute Gasteiger partial charge is 0.322 e. The van der Waals surface area contributed by atoms with Crippen LogP contribution >= 0.6 is 11.6 Å². The maximum Gasteiger partial charge on any atom is 0.322 e. The van der Waals surface area contributed by atoms with Gasteiger partial charge >= 0.3 is 6.01 Å². The Morgan fingerprint density at radius 2 is 2.11 bits per heavy atom. The van der Waals surface area contributed by atoms with E-state index >= 15 is 0 Å². The molecule has 1 aromatic heterocycles. The Bertz CT molecular complexity index is 417. The monoisotopic (exact) mass is 292 g/mol. The van der Waals surface area contributed by atoms with Gasteiger partial charge in [0.2, 0.25) is 11.2 Å². The van der Waals surface area contributed by atoms with Crippen molar-refractivity contribution in [2.45, 2.75) is 26.9 Å². The van der Waals surface area contributed by atoms with Gasteiger partial charge in [0.15, 0.2) is 0 Å². The fourth-order valence-electron chi connectivity index (χ4n) is 1.10. The number of anilines is 1. The third-order valence-corrected chi connectivity index (χ3v) is 3.34. The normalized spacial score (nSPS) is 12.5. The average molecular weight is 293 g/mol. The van der Waals surface area contributed by atoms with Crippen LogP contribution in [0.1, 0.15) is 20.8 Å². The summed E-state index contributed by atoms with van der Waals surface area (Å²) >= 11 is 5.76. The number of halogens is 1. The predicted molar refractivity (Wildman–Crippen MR) is 72.6 cm³/mol. The van der Waals surface area contributed by atoms with Gasteiger partial charge in [-0.3, -0.25) is 4.21 Å². The van der Waals surface area contributed by atoms with Gasteiger partial charge in [-0.05, 0) is 25.4 Å². The molecule has 18 heavy (non-hydrogen) atoms. The second-order valence-electron chi connectivity index (χ2n) is 3.74. The van der Waals surface area contributed by atoms with Gasteiger partial charge in [-0.15, -0.1) is 0 Å². The Labute approximate surface area is 114 Å². The number of nitrogens with one attached hydrogen (secondary N) is 1. The lowest BCUT2D eigenvalue weighted by molar-refractivity contribution is 0.222. The summed E-state index contributed by atoms with van der Waals surface area (Å²) < 4.78 is 16.6. The predicted octanol–water partition coefficient (Wildman–Crippen LogP) is 1.49. The summed E-state index contributed by atoms with van der Waals surface area (Å²) in [6, 6.07) is 0.184. The Balaban J connectivity index is 2.59. The van der Waals surface area contributed by atoms with Gasteiger partial charge in [-0.2, -0.15) is 15.0 Å². The Morgan fingerprint density at radius 3 is 2.72 bits per heavy atom. The highest BCUT2D eigenvalue weighted by Gasteiger charge is 2.07. The summed E-state index contributed by atoms with van der Waals surface area (Å²) in [4.78, 5) is 11.8. The molecule has 102 valence electrons. The molecular weight excluding hydrogens is 276 g/mol. The highest BCUT2D eigenvalue weighted by molar-refractivity contribution is 7.84. The molecule has 0 bridgehead atoms. The molecule has 0 aromatic carbocycles. The number of hydrogen-bond acceptors (Lipinski definition) is 6. The zero-order valence-corrected chi connectivity index (χ0v) is 12.2. The van der Waals surface area contributed by atoms with Gasteiger partial charge in [0.05, 0.1) is 6.10 Å². The van der Waals surface area contributed by atoms with Crippen molar-refractivity contribution in [2.24, 2.45) is 0 Å². The average Bonchev–Trinajstić information content (AvgIpc) is 2.27. The molecule has 0 saturated heterocycles. The zero-order valence-electron chi connectivity index (χ0n) is 10.6. The minimum Gasteiger partial charge on any atom is -0.461 e. The van der Waals surface area contributed by atoms with Crippen molar-refractivity contribution in [3.8, 4) is 6.01 Å². The molecule has 0 aliphatic rings. The van der Waals surface area contributed by atoms with Crippen LogP contribution in [-0.4, -0.2) is 43.3 Å². The summed E-state index contributed by atoms with van der Waals surface area (Å²) in [6.45, 7) is 6.14. The number of hydrogen-bond donors (Lipinski definition) is 1. The summed E-state index contributed by atoms with van der Waals surface area (Å²) in [5.41, 5.74) is 0. The van der Waals surface area contributed by atoms with Crippen molar-refractivity contribution in [2.75, 3.05) is 23.4 Å². The van der Waals surface area contributed by atoms with E-state index in [9.17, 15) is 4.21 Å². The molecule has 0 fully saturated rings. The van der Waals surface area contributed by atoms with Gasteiger partial charge in [-0.25, -0.2) is 0 Å². The molecule has 1 heterocycles. The van der Waals surface area contributed by atoms with Crippen molar-refractivity contribution in [3.63, 3.8) is 0 Å². The molecule has 0 amide bonds. The molecule has 0 radical (unpaired) electrons. The standard InChI is InChI=1S/C10H17ClN4O2S/c1-4-18(16)6-5-12-9-13-8(11)14-10(15-9)17-7(2)3/h7H,4-6H2,1-3H3,(H,12,13,14,15). The van der Waals surface area contributed by atoms with E-state index < -0.39 is 10.8 Å². The van der Waals surface area contributed by atoms with E-state index in [4.69, 9.17) is 16.3 Å². The molecule has 1 unspecified atom stereocenters. The van der Waals surface area contributed by atoms with Crippen LogP contribution in [0.2, 0.25) is 5.28 Å². The first-order valence-electron chi connectivity index (χ1n) is 5.68. The highest BCUT2D eigenvalue weighted by Crippen LogP contribution is 2.12. The maximum atomic E-state index is 11.2. The van der Waals surface area contributed by atoms with E-state index in [1.807, 2.05) is 20.8 Å². The molecule has 0 aliphatic heterocycles. The first-order chi connectivity index (χ1) is 8.51. The van der Waals surface area contributed by atoms with Crippen molar-refractivity contribution in [3.05, 3.63) is 5.28 Å². The van der Waals surface area contributed by atoms with Gasteiger partial charge in [0.25, 0.3) is 0 Å². The summed E-state index contributed by atoms with van der Waals surface area (Å²) in [5, 5.41) is 3.01. The molecule has 8 heteroatoms. The van der Waals surface area contributed by atoms with Crippen LogP contribution in [0.25, 0.3) is 0 Å². The van der Waals surface area contributed by atoms with E-state index in [-0.39, 0.29) is 17.4 Å². The van der Waals surface area contributed by atoms with Gasteiger partial charge in [-0.1, -0.05) is 6.92 Å². The lowest BCUT2D eigenvalue weighted by Crippen LogP contribution is -2.15. The second kappa shape index (κ2) is 7.48. The third-order valence-electron chi connectivity index (χ3n) is 1.86. The van der Waals surface area contributed by atoms with Crippen molar-refractivity contribution >= 4 is 28.3 Å². The van der Waals surface area contributed by atoms with E-state index in [1.165, 1.54) is 0 Å². The zero-order chi connectivity index (χ0) is 13.5. The molecule has 0 aliphatic carbocycles. The summed E-state index contributed by atoms with van der Waals surface area (Å²) in [5.74, 6) is 1.51. The minimum absolute atomic E-state index is 0.0380. The molecule has 0 spiro atoms. The van der Waals surface area contributed by atoms with Gasteiger partial charge < -0.3 is 10.1 Å². The molecule has 1 atom stereocenters. The Morgan fingerprint density at radius 1 is 1.39 bits per heavy atom. The van der Waals surface area contributed by atoms with Crippen molar-refractivity contribution in [1.82, 2.24) is 15.0 Å². The van der Waals surface area contributed by atoms with Crippen molar-refractivity contribution < 1.29 is 8.95 Å². The van der Waals surface area contributed by atoms with Crippen LogP contribution in [-0.2, 0) is 10.8 Å². The van der Waals surface area contributed by atoms with Gasteiger partial charge in [0.1, 0.15) is 0 Å². The van der Waals surface area contributed by atoms with E-state index in [1.54, 1.807) is 0 Å². The Hall–Kier alpha value is -0.950. The maximum absolute atomic E-state index is 11.2. The first-order valence-corrected chi connectivity index (χ1v) is 7.55. The molecule has 1 aromatic rings. The topological polar surface area (TPSA) is 77.0 Å². The highest BCUT2D eigenvalue weighted by atomic mass is 35.5. The third kappa shape index (κ3) is 5.59. The summed E-state index contributed by atoms with van der Waals surface area (Å²) in [6.07, 6.45) is -0.0380. The molecule has 1 rings (SSSR count). The van der Waals surface area contributed by atoms with E-state index in [2.05, 4.69) is 20.3 Å². The number of ether oxygens (including phenoxy) is 1. The largest absolute Gasteiger partial charge is 0.461 e. The van der Waals surface area contributed by atoms with Crippen molar-refractivity contribution in [1.29, 1.82) is 0 Å². The van der Waals surface area contributed by atoms with Gasteiger partial charge in [0, 0.05) is 28.9 Å². The minimum atomic E-state index is -0.818. The van der Waals surface area contributed by atoms with Crippen LogP contribution < -0.4 is 10.1 Å². The van der Waals surface area contributed by atoms with E-state index in [0.29, 0.717) is 24.0 Å². The quantitative estimate of drug-likeness (QED) is 0.820. The fourth-order valence-corrected chi connectivity index (χ4v) is 1.87. The first kappa shape index (κ1) is 15.1. The van der Waals surface area contributed by atoms with Crippen LogP contribution in [0.15, 0.2) is 0 Å². The number of aromatic nitrogens is 3. The lowest BCUT2D eigenvalue weighted by atomic mass is 10.5. The van der Waals surface area contributed by atoms with E-state index in [0.717, 1.165) is 0 Å². The number of rotatable bonds is 7. The molecule has 6 nitrogen and oxygen atoms in total. The SMILES string of the molecule is CCS(=O)CCNc1nc(Cl)nc(OC(C)C)n1. The lowest BCUT2D eigenvalue weighted by Gasteiger charge is -2.09.